The summed E-state index contributed by atoms with van der Waals surface area (Å²) in [5.74, 6) is -0.336. The molecule has 0 radical (unpaired) electrons. The summed E-state index contributed by atoms with van der Waals surface area (Å²) in [7, 11) is 1.51. The maximum Gasteiger partial charge on any atom is 0.315 e. The van der Waals surface area contributed by atoms with Crippen molar-refractivity contribution >= 4 is 23.3 Å². The molecule has 0 saturated heterocycles. The summed E-state index contributed by atoms with van der Waals surface area (Å²) in [6.45, 7) is 1.68. The minimum Gasteiger partial charge on any atom is -0.497 e. The van der Waals surface area contributed by atoms with E-state index >= 15 is 0 Å². The van der Waals surface area contributed by atoms with Gasteiger partial charge in [-0.1, -0.05) is 11.2 Å². The molecule has 2 aromatic rings. The predicted octanol–water partition coefficient (Wildman–Crippen LogP) is 1.57. The fourth-order valence-corrected chi connectivity index (χ4v) is 1.49. The predicted molar refractivity (Wildman–Crippen MR) is 71.5 cm³/mol. The summed E-state index contributed by atoms with van der Waals surface area (Å²) in [6, 6.07) is 8.19. The van der Waals surface area contributed by atoms with Gasteiger partial charge in [0.05, 0.1) is 7.11 Å². The van der Waals surface area contributed by atoms with Crippen LogP contribution in [0.2, 0.25) is 0 Å². The molecule has 2 rings (SSSR count). The van der Waals surface area contributed by atoms with E-state index in [4.69, 9.17) is 9.26 Å². The number of nitrogens with one attached hydrogen (secondary N) is 2. The molecule has 2 amide bonds. The van der Waals surface area contributed by atoms with Crippen molar-refractivity contribution in [3.63, 3.8) is 0 Å². The zero-order chi connectivity index (χ0) is 14.5. The number of amides is 2. The molecule has 0 aliphatic rings. The van der Waals surface area contributed by atoms with Gasteiger partial charge in [-0.2, -0.15) is 0 Å². The minimum absolute atomic E-state index is 0.188. The van der Waals surface area contributed by atoms with Gasteiger partial charge in [-0.15, -0.1) is 0 Å². The summed E-state index contributed by atoms with van der Waals surface area (Å²) >= 11 is 0. The highest BCUT2D eigenvalue weighted by molar-refractivity contribution is 6.43. The van der Waals surface area contributed by atoms with E-state index in [2.05, 4.69) is 15.8 Å². The first-order valence-electron chi connectivity index (χ1n) is 5.78. The number of ether oxygens (including phenoxy) is 1. The van der Waals surface area contributed by atoms with Crippen LogP contribution in [0.15, 0.2) is 34.9 Å². The number of hydrogen-bond donors (Lipinski definition) is 2. The lowest BCUT2D eigenvalue weighted by Gasteiger charge is -2.06. The molecule has 1 aromatic carbocycles. The first-order chi connectivity index (χ1) is 9.58. The maximum absolute atomic E-state index is 11.7. The van der Waals surface area contributed by atoms with Gasteiger partial charge in [-0.25, -0.2) is 0 Å². The number of aryl methyl sites for hydroxylation is 1. The molecule has 0 aliphatic heterocycles. The Hall–Kier alpha value is -2.83. The molecule has 2 N–H and O–H groups in total. The highest BCUT2D eigenvalue weighted by Crippen LogP contribution is 2.16. The molecular formula is C13H13N3O4. The van der Waals surface area contributed by atoms with Crippen molar-refractivity contribution < 1.29 is 18.8 Å². The van der Waals surface area contributed by atoms with Crippen molar-refractivity contribution in [1.82, 2.24) is 5.16 Å². The summed E-state index contributed by atoms with van der Waals surface area (Å²) in [5.41, 5.74) is 0.459. The minimum atomic E-state index is -0.832. The Kier molecular flexibility index (Phi) is 3.99. The lowest BCUT2D eigenvalue weighted by Crippen LogP contribution is -2.29. The normalized spacial score (nSPS) is 9.90. The number of methoxy groups -OCH3 is 1. The van der Waals surface area contributed by atoms with Crippen LogP contribution in [0.5, 0.6) is 5.75 Å². The Morgan fingerprint density at radius 3 is 2.60 bits per heavy atom. The van der Waals surface area contributed by atoms with Crippen LogP contribution >= 0.6 is 0 Å². The number of nitrogens with zero attached hydrogens (tertiary/aromatic N) is 1. The van der Waals surface area contributed by atoms with E-state index < -0.39 is 11.8 Å². The second-order valence-electron chi connectivity index (χ2n) is 3.96. The number of anilines is 2. The zero-order valence-electron chi connectivity index (χ0n) is 11.0. The molecule has 1 heterocycles. The van der Waals surface area contributed by atoms with Gasteiger partial charge in [0.25, 0.3) is 0 Å². The van der Waals surface area contributed by atoms with Crippen molar-refractivity contribution in [2.45, 2.75) is 6.92 Å². The van der Waals surface area contributed by atoms with E-state index in [1.807, 2.05) is 0 Å². The fourth-order valence-electron chi connectivity index (χ4n) is 1.49. The maximum atomic E-state index is 11.7. The molecule has 0 saturated carbocycles. The lowest BCUT2D eigenvalue weighted by atomic mass is 10.3. The molecule has 0 unspecified atom stereocenters. The average Bonchev–Trinajstić information content (AvgIpc) is 2.84. The highest BCUT2D eigenvalue weighted by Gasteiger charge is 2.15. The van der Waals surface area contributed by atoms with E-state index in [0.29, 0.717) is 17.2 Å². The third-order valence-corrected chi connectivity index (χ3v) is 2.40. The zero-order valence-corrected chi connectivity index (χ0v) is 11.0. The monoisotopic (exact) mass is 275 g/mol. The van der Waals surface area contributed by atoms with Crippen molar-refractivity contribution in [3.05, 3.63) is 36.1 Å². The van der Waals surface area contributed by atoms with Gasteiger partial charge in [0.15, 0.2) is 5.82 Å². The average molecular weight is 275 g/mol. The fraction of sp³-hybridized carbons (Fsp3) is 0.154. The third-order valence-electron chi connectivity index (χ3n) is 2.40. The quantitative estimate of drug-likeness (QED) is 0.829. The standard InChI is InChI=1S/C13H13N3O4/c1-8-6-11(16-20-8)15-13(18)12(17)14-9-4-3-5-10(7-9)19-2/h3-7H,1-2H3,(H,14,17)(H,15,16,18). The van der Waals surface area contributed by atoms with Crippen LogP contribution < -0.4 is 15.4 Å². The van der Waals surface area contributed by atoms with Gasteiger partial charge in [-0.3, -0.25) is 14.9 Å². The van der Waals surface area contributed by atoms with Crippen LogP contribution in [-0.2, 0) is 9.59 Å². The van der Waals surface area contributed by atoms with Gasteiger partial charge in [0, 0.05) is 17.8 Å². The van der Waals surface area contributed by atoms with Crippen molar-refractivity contribution in [1.29, 1.82) is 0 Å². The number of aromatic nitrogens is 1. The van der Waals surface area contributed by atoms with Crippen LogP contribution in [0.1, 0.15) is 5.76 Å². The number of rotatable bonds is 3. The number of carbonyl (C=O) groups is 2. The molecule has 0 fully saturated rings. The molecule has 104 valence electrons. The molecule has 0 atom stereocenters. The van der Waals surface area contributed by atoms with Crippen LogP contribution in [-0.4, -0.2) is 24.1 Å². The molecular weight excluding hydrogens is 262 g/mol. The van der Waals surface area contributed by atoms with Gasteiger partial charge in [-0.05, 0) is 19.1 Å². The molecule has 0 bridgehead atoms. The van der Waals surface area contributed by atoms with E-state index in [1.165, 1.54) is 13.2 Å². The number of carbonyl (C=O) groups excluding carboxylic acids is 2. The topological polar surface area (TPSA) is 93.5 Å². The summed E-state index contributed by atoms with van der Waals surface area (Å²) in [6.07, 6.45) is 0. The second-order valence-corrected chi connectivity index (χ2v) is 3.96. The van der Waals surface area contributed by atoms with E-state index in [0.717, 1.165) is 0 Å². The van der Waals surface area contributed by atoms with E-state index in [-0.39, 0.29) is 5.82 Å². The van der Waals surface area contributed by atoms with Crippen LogP contribution in [0.4, 0.5) is 11.5 Å². The smallest absolute Gasteiger partial charge is 0.315 e. The van der Waals surface area contributed by atoms with Crippen molar-refractivity contribution in [2.75, 3.05) is 17.7 Å². The molecule has 1 aromatic heterocycles. The van der Waals surface area contributed by atoms with Crippen LogP contribution in [0.25, 0.3) is 0 Å². The first kappa shape index (κ1) is 13.6. The molecule has 0 aliphatic carbocycles. The van der Waals surface area contributed by atoms with Crippen molar-refractivity contribution in [3.8, 4) is 5.75 Å². The Bertz CT molecular complexity index is 636. The van der Waals surface area contributed by atoms with E-state index in [9.17, 15) is 9.59 Å². The Labute approximate surface area is 114 Å². The van der Waals surface area contributed by atoms with Gasteiger partial charge < -0.3 is 14.6 Å². The second kappa shape index (κ2) is 5.87. The van der Waals surface area contributed by atoms with Crippen LogP contribution in [0, 0.1) is 6.92 Å². The Morgan fingerprint density at radius 1 is 1.20 bits per heavy atom. The molecule has 0 spiro atoms. The summed E-state index contributed by atoms with van der Waals surface area (Å²) in [4.78, 5) is 23.3. The molecule has 20 heavy (non-hydrogen) atoms. The summed E-state index contributed by atoms with van der Waals surface area (Å²) < 4.78 is 9.80. The Balaban J connectivity index is 1.98. The lowest BCUT2D eigenvalue weighted by molar-refractivity contribution is -0.133. The van der Waals surface area contributed by atoms with Gasteiger partial charge >= 0.3 is 11.8 Å². The van der Waals surface area contributed by atoms with Gasteiger partial charge in [0.1, 0.15) is 11.5 Å². The Morgan fingerprint density at radius 2 is 1.95 bits per heavy atom. The highest BCUT2D eigenvalue weighted by atomic mass is 16.5. The third kappa shape index (κ3) is 3.35. The molecule has 7 heteroatoms. The molecule has 7 nitrogen and oxygen atoms in total. The first-order valence-corrected chi connectivity index (χ1v) is 5.78. The van der Waals surface area contributed by atoms with Crippen LogP contribution in [0.3, 0.4) is 0 Å². The largest absolute Gasteiger partial charge is 0.497 e. The number of hydrogen-bond acceptors (Lipinski definition) is 5. The SMILES string of the molecule is COc1cccc(NC(=O)C(=O)Nc2cc(C)on2)c1. The van der Waals surface area contributed by atoms with Gasteiger partial charge in [0.2, 0.25) is 0 Å². The number of benzene rings is 1. The van der Waals surface area contributed by atoms with Crippen molar-refractivity contribution in [2.24, 2.45) is 0 Å². The summed E-state index contributed by atoms with van der Waals surface area (Å²) in [5, 5.41) is 8.34. The van der Waals surface area contributed by atoms with E-state index in [1.54, 1.807) is 31.2 Å².